The van der Waals surface area contributed by atoms with Gasteiger partial charge >= 0.3 is 0 Å². The van der Waals surface area contributed by atoms with Crippen LogP contribution in [0.3, 0.4) is 0 Å². The lowest BCUT2D eigenvalue weighted by Crippen LogP contribution is -2.32. The van der Waals surface area contributed by atoms with E-state index in [1.165, 1.54) is 12.1 Å². The summed E-state index contributed by atoms with van der Waals surface area (Å²) in [5, 5.41) is 7.15. The summed E-state index contributed by atoms with van der Waals surface area (Å²) >= 11 is 6.40. The van der Waals surface area contributed by atoms with Crippen LogP contribution < -0.4 is 16.4 Å². The lowest BCUT2D eigenvalue weighted by molar-refractivity contribution is 0.465. The second-order valence-corrected chi connectivity index (χ2v) is 8.42. The highest BCUT2D eigenvalue weighted by molar-refractivity contribution is 6.33. The van der Waals surface area contributed by atoms with Crippen LogP contribution in [-0.2, 0) is 6.54 Å². The Bertz CT molecular complexity index is 987. The third-order valence-corrected chi connectivity index (χ3v) is 4.90. The Kier molecular flexibility index (Phi) is 7.24. The Morgan fingerprint density at radius 1 is 1.10 bits per heavy atom. The molecule has 30 heavy (non-hydrogen) atoms. The molecule has 7 heteroatoms. The van der Waals surface area contributed by atoms with Gasteiger partial charge in [-0.25, -0.2) is 9.37 Å². The molecule has 0 spiro atoms. The molecule has 0 aliphatic heterocycles. The van der Waals surface area contributed by atoms with Gasteiger partial charge in [-0.2, -0.15) is 0 Å². The van der Waals surface area contributed by atoms with Crippen molar-refractivity contribution in [3.05, 3.63) is 71.4 Å². The molecule has 2 heterocycles. The van der Waals surface area contributed by atoms with E-state index in [-0.39, 0.29) is 11.4 Å². The quantitative estimate of drug-likeness (QED) is 0.394. The maximum atomic E-state index is 13.4. The number of hydrogen-bond acceptors (Lipinski definition) is 5. The second kappa shape index (κ2) is 9.87. The molecule has 158 valence electrons. The lowest BCUT2D eigenvalue weighted by atomic mass is 10.0. The predicted octanol–water partition coefficient (Wildman–Crippen LogP) is 5.48. The van der Waals surface area contributed by atoms with Crippen molar-refractivity contribution in [2.45, 2.75) is 38.8 Å². The van der Waals surface area contributed by atoms with Crippen LogP contribution in [0.5, 0.6) is 0 Å². The minimum absolute atomic E-state index is 0.176. The monoisotopic (exact) mass is 427 g/mol. The van der Waals surface area contributed by atoms with E-state index in [2.05, 4.69) is 20.6 Å². The molecule has 0 saturated carbocycles. The van der Waals surface area contributed by atoms with Gasteiger partial charge < -0.3 is 16.4 Å². The number of pyridine rings is 2. The Hall–Kier alpha value is -2.70. The molecule has 0 fully saturated rings. The van der Waals surface area contributed by atoms with Crippen LogP contribution >= 0.6 is 11.6 Å². The zero-order valence-corrected chi connectivity index (χ0v) is 18.0. The van der Waals surface area contributed by atoms with Crippen LogP contribution in [0.2, 0.25) is 5.02 Å². The summed E-state index contributed by atoms with van der Waals surface area (Å²) in [6, 6.07) is 10.4. The van der Waals surface area contributed by atoms with Crippen molar-refractivity contribution >= 4 is 23.1 Å². The van der Waals surface area contributed by atoms with E-state index < -0.39 is 0 Å². The fraction of sp³-hybridized carbons (Fsp3) is 0.304. The normalized spacial score (nSPS) is 11.4. The molecule has 3 aromatic rings. The van der Waals surface area contributed by atoms with Crippen molar-refractivity contribution in [3.8, 4) is 11.1 Å². The van der Waals surface area contributed by atoms with E-state index in [0.717, 1.165) is 47.6 Å². The molecule has 5 nitrogen and oxygen atoms in total. The number of nitrogens with two attached hydrogens (primary N) is 1. The Morgan fingerprint density at radius 3 is 2.70 bits per heavy atom. The van der Waals surface area contributed by atoms with E-state index in [1.807, 2.05) is 32.0 Å². The highest BCUT2D eigenvalue weighted by Crippen LogP contribution is 2.30. The van der Waals surface area contributed by atoms with Crippen molar-refractivity contribution in [2.75, 3.05) is 17.2 Å². The minimum Gasteiger partial charge on any atom is -0.380 e. The van der Waals surface area contributed by atoms with E-state index in [0.29, 0.717) is 11.6 Å². The summed E-state index contributed by atoms with van der Waals surface area (Å²) in [6.45, 7) is 5.32. The van der Waals surface area contributed by atoms with Crippen molar-refractivity contribution in [3.63, 3.8) is 0 Å². The SMILES string of the molecule is CC(C)(N)CCCNc1cc(-c2cncc(NCc3cccc(F)c3)c2)c(Cl)cn1. The zero-order chi connectivity index (χ0) is 21.6. The fourth-order valence-corrected chi connectivity index (χ4v) is 3.26. The molecule has 2 aromatic heterocycles. The fourth-order valence-electron chi connectivity index (χ4n) is 3.05. The first-order valence-electron chi connectivity index (χ1n) is 9.92. The van der Waals surface area contributed by atoms with Crippen molar-refractivity contribution in [2.24, 2.45) is 5.73 Å². The molecule has 0 radical (unpaired) electrons. The van der Waals surface area contributed by atoms with Gasteiger partial charge in [0, 0.05) is 48.3 Å². The second-order valence-electron chi connectivity index (χ2n) is 8.01. The van der Waals surface area contributed by atoms with Gasteiger partial charge in [0.1, 0.15) is 11.6 Å². The average Bonchev–Trinajstić information content (AvgIpc) is 2.70. The van der Waals surface area contributed by atoms with Gasteiger partial charge in [0.2, 0.25) is 0 Å². The molecule has 0 aliphatic rings. The van der Waals surface area contributed by atoms with Gasteiger partial charge in [-0.1, -0.05) is 23.7 Å². The van der Waals surface area contributed by atoms with Gasteiger partial charge in [-0.3, -0.25) is 4.98 Å². The number of halogens is 2. The lowest BCUT2D eigenvalue weighted by Gasteiger charge is -2.18. The molecular weight excluding hydrogens is 401 g/mol. The molecule has 4 N–H and O–H groups in total. The molecule has 0 unspecified atom stereocenters. The summed E-state index contributed by atoms with van der Waals surface area (Å²) in [5.74, 6) is 0.502. The number of benzene rings is 1. The highest BCUT2D eigenvalue weighted by Gasteiger charge is 2.11. The molecule has 0 aliphatic carbocycles. The number of hydrogen-bond donors (Lipinski definition) is 3. The van der Waals surface area contributed by atoms with Crippen LogP contribution in [0, 0.1) is 5.82 Å². The Labute approximate surface area is 181 Å². The first-order chi connectivity index (χ1) is 14.3. The standard InChI is InChI=1S/C23H27ClFN5/c1-23(2,26)7-4-8-28-22-11-20(21(24)15-30-22)17-10-19(14-27-13-17)29-12-16-5-3-6-18(25)9-16/h3,5-6,9-11,13-15,29H,4,7-8,12,26H2,1-2H3,(H,28,30). The van der Waals surface area contributed by atoms with Crippen LogP contribution in [-0.4, -0.2) is 22.1 Å². The van der Waals surface area contributed by atoms with Gasteiger partial charge in [-0.15, -0.1) is 0 Å². The van der Waals surface area contributed by atoms with Crippen LogP contribution in [0.15, 0.2) is 55.0 Å². The maximum absolute atomic E-state index is 13.4. The van der Waals surface area contributed by atoms with Gasteiger partial charge in [0.15, 0.2) is 0 Å². The summed E-state index contributed by atoms with van der Waals surface area (Å²) in [5.41, 5.74) is 9.25. The summed E-state index contributed by atoms with van der Waals surface area (Å²) in [7, 11) is 0. The molecular formula is C23H27ClFN5. The van der Waals surface area contributed by atoms with Crippen LogP contribution in [0.4, 0.5) is 15.9 Å². The van der Waals surface area contributed by atoms with Crippen molar-refractivity contribution in [1.82, 2.24) is 9.97 Å². The topological polar surface area (TPSA) is 75.9 Å². The van der Waals surface area contributed by atoms with Gasteiger partial charge in [0.25, 0.3) is 0 Å². The van der Waals surface area contributed by atoms with Crippen molar-refractivity contribution < 1.29 is 4.39 Å². The highest BCUT2D eigenvalue weighted by atomic mass is 35.5. The largest absolute Gasteiger partial charge is 0.380 e. The van der Waals surface area contributed by atoms with Crippen molar-refractivity contribution in [1.29, 1.82) is 0 Å². The third-order valence-electron chi connectivity index (χ3n) is 4.59. The summed E-state index contributed by atoms with van der Waals surface area (Å²) < 4.78 is 13.4. The first-order valence-corrected chi connectivity index (χ1v) is 10.3. The van der Waals surface area contributed by atoms with Crippen LogP contribution in [0.1, 0.15) is 32.3 Å². The van der Waals surface area contributed by atoms with E-state index in [4.69, 9.17) is 17.3 Å². The molecule has 0 amide bonds. The maximum Gasteiger partial charge on any atom is 0.126 e. The molecule has 0 saturated heterocycles. The number of nitrogens with one attached hydrogen (secondary N) is 2. The smallest absolute Gasteiger partial charge is 0.126 e. The van der Waals surface area contributed by atoms with E-state index >= 15 is 0 Å². The number of anilines is 2. The minimum atomic E-state index is -0.250. The van der Waals surface area contributed by atoms with E-state index in [1.54, 1.807) is 24.7 Å². The predicted molar refractivity (Wildman–Crippen MR) is 122 cm³/mol. The Balaban J connectivity index is 1.68. The zero-order valence-electron chi connectivity index (χ0n) is 17.3. The number of rotatable bonds is 9. The van der Waals surface area contributed by atoms with E-state index in [9.17, 15) is 4.39 Å². The van der Waals surface area contributed by atoms with Gasteiger partial charge in [0.05, 0.1) is 10.7 Å². The summed E-state index contributed by atoms with van der Waals surface area (Å²) in [4.78, 5) is 8.67. The molecule has 0 bridgehead atoms. The van der Waals surface area contributed by atoms with Gasteiger partial charge in [-0.05, 0) is 56.5 Å². The average molecular weight is 428 g/mol. The third kappa shape index (κ3) is 6.68. The number of aromatic nitrogens is 2. The molecule has 1 aromatic carbocycles. The van der Waals surface area contributed by atoms with Crippen LogP contribution in [0.25, 0.3) is 11.1 Å². The Morgan fingerprint density at radius 2 is 1.93 bits per heavy atom. The summed E-state index contributed by atoms with van der Waals surface area (Å²) in [6.07, 6.45) is 6.99. The number of nitrogens with zero attached hydrogens (tertiary/aromatic N) is 2. The molecule has 3 rings (SSSR count). The molecule has 0 atom stereocenters. The first kappa shape index (κ1) is 22.0.